The number of aliphatic imine (C=N–C) groups is 2. The van der Waals surface area contributed by atoms with E-state index in [1.807, 2.05) is 43.7 Å². The fourth-order valence-electron chi connectivity index (χ4n) is 2.88. The summed E-state index contributed by atoms with van der Waals surface area (Å²) in [6.07, 6.45) is 8.94. The highest BCUT2D eigenvalue weighted by atomic mass is 16.3. The van der Waals surface area contributed by atoms with Gasteiger partial charge in [0.1, 0.15) is 12.4 Å². The first-order chi connectivity index (χ1) is 12.4. The summed E-state index contributed by atoms with van der Waals surface area (Å²) in [6.45, 7) is 3.52. The summed E-state index contributed by atoms with van der Waals surface area (Å²) in [5.41, 5.74) is 1.68. The third-order valence-corrected chi connectivity index (χ3v) is 4.31. The molecule has 2 aliphatic heterocycles. The van der Waals surface area contributed by atoms with Gasteiger partial charge >= 0.3 is 0 Å². The Bertz CT molecular complexity index is 960. The third-order valence-electron chi connectivity index (χ3n) is 4.31. The average molecular weight is 350 g/mol. The van der Waals surface area contributed by atoms with Gasteiger partial charge in [0.15, 0.2) is 6.20 Å². The smallest absolute Gasteiger partial charge is 0.287 e. The van der Waals surface area contributed by atoms with E-state index in [0.717, 1.165) is 16.9 Å². The van der Waals surface area contributed by atoms with Gasteiger partial charge in [0.05, 0.1) is 18.0 Å². The van der Waals surface area contributed by atoms with Crippen LogP contribution in [0.25, 0.3) is 0 Å². The summed E-state index contributed by atoms with van der Waals surface area (Å²) in [7, 11) is 1.86. The summed E-state index contributed by atoms with van der Waals surface area (Å²) in [5, 5.41) is 22.3. The van der Waals surface area contributed by atoms with Crippen LogP contribution in [0, 0.1) is 0 Å². The lowest BCUT2D eigenvalue weighted by atomic mass is 9.98. The van der Waals surface area contributed by atoms with E-state index in [1.165, 1.54) is 0 Å². The number of nitrogens with one attached hydrogen (secondary N) is 1. The van der Waals surface area contributed by atoms with Crippen molar-refractivity contribution in [3.05, 3.63) is 54.6 Å². The molecule has 132 valence electrons. The van der Waals surface area contributed by atoms with Crippen molar-refractivity contribution >= 4 is 29.4 Å². The Hall–Kier alpha value is -3.10. The van der Waals surface area contributed by atoms with E-state index in [1.54, 1.807) is 37.1 Å². The van der Waals surface area contributed by atoms with Crippen LogP contribution in [0.5, 0.6) is 0 Å². The predicted molar refractivity (Wildman–Crippen MR) is 103 cm³/mol. The van der Waals surface area contributed by atoms with Crippen LogP contribution in [-0.2, 0) is 12.6 Å². The first kappa shape index (κ1) is 16.4. The van der Waals surface area contributed by atoms with E-state index < -0.39 is 5.60 Å². The Labute approximate surface area is 151 Å². The zero-order valence-electron chi connectivity index (χ0n) is 14.8. The Balaban J connectivity index is 1.65. The first-order valence-electron chi connectivity index (χ1n) is 8.25. The van der Waals surface area contributed by atoms with Crippen LogP contribution in [0.2, 0.25) is 0 Å². The SMILES string of the molecule is Cn1cc([N+]23C=CN=CC2=NC(Nc2ccc(C(C)(C)O)cc2)=N3)cn1. The molecule has 1 atom stereocenters. The molecule has 0 amide bonds. The second-order valence-corrected chi connectivity index (χ2v) is 6.79. The Morgan fingerprint density at radius 3 is 2.62 bits per heavy atom. The van der Waals surface area contributed by atoms with Gasteiger partial charge in [-0.3, -0.25) is 9.67 Å². The van der Waals surface area contributed by atoms with Gasteiger partial charge in [-0.2, -0.15) is 10.1 Å². The monoisotopic (exact) mass is 350 g/mol. The highest BCUT2D eigenvalue weighted by molar-refractivity contribution is 6.38. The minimum absolute atomic E-state index is 0.0986. The van der Waals surface area contributed by atoms with E-state index in [-0.39, 0.29) is 4.59 Å². The van der Waals surface area contributed by atoms with Crippen LogP contribution in [0.3, 0.4) is 0 Å². The highest BCUT2D eigenvalue weighted by Gasteiger charge is 2.43. The second-order valence-electron chi connectivity index (χ2n) is 6.79. The largest absolute Gasteiger partial charge is 0.386 e. The number of hydrogen-bond donors (Lipinski definition) is 2. The number of anilines is 1. The lowest BCUT2D eigenvalue weighted by molar-refractivity contribution is 0.0786. The fraction of sp³-hybridized carbons (Fsp3) is 0.222. The molecule has 2 aliphatic rings. The molecule has 3 heterocycles. The van der Waals surface area contributed by atoms with Crippen molar-refractivity contribution in [2.24, 2.45) is 22.1 Å². The van der Waals surface area contributed by atoms with Crippen LogP contribution >= 0.6 is 0 Å². The number of hydrogen-bond acceptors (Lipinski definition) is 6. The molecular weight excluding hydrogens is 330 g/mol. The van der Waals surface area contributed by atoms with Crippen LogP contribution in [0.15, 0.2) is 64.1 Å². The summed E-state index contributed by atoms with van der Waals surface area (Å²) >= 11 is 0. The van der Waals surface area contributed by atoms with Crippen LogP contribution in [0.4, 0.5) is 11.4 Å². The summed E-state index contributed by atoms with van der Waals surface area (Å²) < 4.78 is 1.83. The van der Waals surface area contributed by atoms with Crippen molar-refractivity contribution in [3.63, 3.8) is 0 Å². The number of aryl methyl sites for hydroxylation is 1. The number of fused-ring (bicyclic) bond motifs is 1. The van der Waals surface area contributed by atoms with E-state index in [4.69, 9.17) is 5.10 Å². The number of benzene rings is 1. The number of aliphatic hydroxyl groups is 1. The van der Waals surface area contributed by atoms with Crippen LogP contribution in [-0.4, -0.2) is 32.9 Å². The number of nitrogens with zero attached hydrogens (tertiary/aromatic N) is 6. The van der Waals surface area contributed by atoms with Crippen LogP contribution < -0.4 is 9.91 Å². The van der Waals surface area contributed by atoms with Crippen molar-refractivity contribution < 1.29 is 5.11 Å². The van der Waals surface area contributed by atoms with Crippen molar-refractivity contribution in [3.8, 4) is 0 Å². The van der Waals surface area contributed by atoms with Gasteiger partial charge in [-0.25, -0.2) is 0 Å². The maximum absolute atomic E-state index is 10.1. The molecule has 4 rings (SSSR count). The zero-order valence-corrected chi connectivity index (χ0v) is 14.8. The molecule has 0 bridgehead atoms. The van der Waals surface area contributed by atoms with Gasteiger partial charge in [-0.15, -0.1) is 0 Å². The molecule has 1 aromatic heterocycles. The number of amidine groups is 1. The molecule has 2 N–H and O–H groups in total. The average Bonchev–Trinajstić information content (AvgIpc) is 3.18. The second kappa shape index (κ2) is 5.72. The Morgan fingerprint density at radius 2 is 1.96 bits per heavy atom. The highest BCUT2D eigenvalue weighted by Crippen LogP contribution is 2.30. The number of rotatable bonds is 3. The van der Waals surface area contributed by atoms with Gasteiger partial charge in [0.25, 0.3) is 11.8 Å². The minimum atomic E-state index is -0.874. The van der Waals surface area contributed by atoms with Gasteiger partial charge in [0.2, 0.25) is 5.69 Å². The summed E-state index contributed by atoms with van der Waals surface area (Å²) in [5.74, 6) is 1.17. The molecule has 1 unspecified atom stereocenters. The minimum Gasteiger partial charge on any atom is -0.386 e. The number of quaternary nitrogens is 1. The lowest BCUT2D eigenvalue weighted by Gasteiger charge is -2.21. The van der Waals surface area contributed by atoms with E-state index in [2.05, 4.69) is 20.4 Å². The molecule has 0 saturated heterocycles. The Kier molecular flexibility index (Phi) is 3.60. The zero-order chi connectivity index (χ0) is 18.4. The normalized spacial score (nSPS) is 21.4. The summed E-state index contributed by atoms with van der Waals surface area (Å²) in [4.78, 5) is 8.74. The van der Waals surface area contributed by atoms with Gasteiger partial charge < -0.3 is 10.4 Å². The molecule has 0 fully saturated rings. The molecule has 0 aliphatic carbocycles. The molecule has 2 aromatic rings. The maximum Gasteiger partial charge on any atom is 0.287 e. The molecule has 26 heavy (non-hydrogen) atoms. The quantitative estimate of drug-likeness (QED) is 0.833. The van der Waals surface area contributed by atoms with Gasteiger partial charge in [-0.1, -0.05) is 16.7 Å². The molecule has 8 heteroatoms. The first-order valence-corrected chi connectivity index (χ1v) is 8.25. The van der Waals surface area contributed by atoms with E-state index >= 15 is 0 Å². The topological polar surface area (TPSA) is 87.2 Å². The number of guanidine groups is 1. The van der Waals surface area contributed by atoms with Crippen molar-refractivity contribution in [1.29, 1.82) is 0 Å². The molecule has 0 radical (unpaired) electrons. The van der Waals surface area contributed by atoms with Gasteiger partial charge in [-0.05, 0) is 36.6 Å². The maximum atomic E-state index is 10.1. The van der Waals surface area contributed by atoms with Crippen LogP contribution in [0.1, 0.15) is 19.4 Å². The fourth-order valence-corrected chi connectivity index (χ4v) is 2.88. The molecule has 0 spiro atoms. The molecular formula is C18H20N7O+. The standard InChI is InChI=1S/C18H20N7O/c1-18(2,26)13-4-6-14(7-5-13)21-17-22-16-11-19-8-9-25(16,23-17)15-10-20-24(3)12-15/h4-12,26H,1-3H3,(H,21,23)/q+1. The lowest BCUT2D eigenvalue weighted by Crippen LogP contribution is -2.44. The molecule has 1 aromatic carbocycles. The third kappa shape index (κ3) is 2.75. The predicted octanol–water partition coefficient (Wildman–Crippen LogP) is 2.31. The van der Waals surface area contributed by atoms with Crippen molar-refractivity contribution in [2.75, 3.05) is 5.32 Å². The molecule has 8 nitrogen and oxygen atoms in total. The van der Waals surface area contributed by atoms with Crippen molar-refractivity contribution in [1.82, 2.24) is 14.4 Å². The summed E-state index contributed by atoms with van der Waals surface area (Å²) in [6, 6.07) is 7.55. The Morgan fingerprint density at radius 1 is 1.19 bits per heavy atom. The molecule has 0 saturated carbocycles. The number of aromatic nitrogens is 2. The van der Waals surface area contributed by atoms with Crippen molar-refractivity contribution in [2.45, 2.75) is 19.4 Å². The van der Waals surface area contributed by atoms with E-state index in [9.17, 15) is 5.11 Å². The van der Waals surface area contributed by atoms with E-state index in [0.29, 0.717) is 11.8 Å². The van der Waals surface area contributed by atoms with Gasteiger partial charge in [0, 0.05) is 12.7 Å².